The van der Waals surface area contributed by atoms with E-state index >= 15 is 0 Å². The van der Waals surface area contributed by atoms with Crippen LogP contribution in [0, 0.1) is 5.92 Å². The Morgan fingerprint density at radius 3 is 2.27 bits per heavy atom. The molecule has 0 N–H and O–H groups in total. The highest BCUT2D eigenvalue weighted by Gasteiger charge is 2.19. The molecule has 0 saturated carbocycles. The molecule has 0 aromatic heterocycles. The summed E-state index contributed by atoms with van der Waals surface area (Å²) in [4.78, 5) is 11.8. The molecule has 0 aliphatic carbocycles. The molecular formula is C11H14O3S. The van der Waals surface area contributed by atoms with E-state index in [0.29, 0.717) is 5.56 Å². The third-order valence-corrected chi connectivity index (χ3v) is 3.16. The first-order valence-electron chi connectivity index (χ1n) is 4.67. The fourth-order valence-corrected chi connectivity index (χ4v) is 2.48. The number of sulfone groups is 1. The van der Waals surface area contributed by atoms with Gasteiger partial charge in [-0.2, -0.15) is 0 Å². The highest BCUT2D eigenvalue weighted by molar-refractivity contribution is 7.90. The van der Waals surface area contributed by atoms with Gasteiger partial charge in [0, 0.05) is 17.7 Å². The summed E-state index contributed by atoms with van der Waals surface area (Å²) in [6, 6.07) is 8.74. The molecule has 0 bridgehead atoms. The van der Waals surface area contributed by atoms with Crippen LogP contribution in [0.4, 0.5) is 0 Å². The van der Waals surface area contributed by atoms with E-state index < -0.39 is 15.8 Å². The summed E-state index contributed by atoms with van der Waals surface area (Å²) >= 11 is 0. The third kappa shape index (κ3) is 3.83. The first kappa shape index (κ1) is 11.9. The van der Waals surface area contributed by atoms with E-state index in [9.17, 15) is 13.2 Å². The second-order valence-electron chi connectivity index (χ2n) is 3.72. The molecule has 3 nitrogen and oxygen atoms in total. The first-order valence-corrected chi connectivity index (χ1v) is 6.73. The summed E-state index contributed by atoms with van der Waals surface area (Å²) in [5.74, 6) is -0.704. The zero-order valence-electron chi connectivity index (χ0n) is 8.80. The molecule has 1 rings (SSSR count). The van der Waals surface area contributed by atoms with Crippen LogP contribution in [0.5, 0.6) is 0 Å². The van der Waals surface area contributed by atoms with Gasteiger partial charge in [0.25, 0.3) is 0 Å². The standard InChI is InChI=1S/C11H14O3S/c1-9(8-15(2,13)14)11(12)10-6-4-3-5-7-10/h3-7,9H,8H2,1-2H3. The number of Topliss-reactive ketones (excluding diaryl/α,β-unsaturated/α-hetero) is 1. The summed E-state index contributed by atoms with van der Waals surface area (Å²) in [5.41, 5.74) is 0.564. The topological polar surface area (TPSA) is 51.2 Å². The Kier molecular flexibility index (Phi) is 3.63. The quantitative estimate of drug-likeness (QED) is 0.732. The Morgan fingerprint density at radius 1 is 1.27 bits per heavy atom. The molecule has 0 amide bonds. The molecule has 4 heteroatoms. The van der Waals surface area contributed by atoms with E-state index in [1.807, 2.05) is 6.07 Å². The van der Waals surface area contributed by atoms with Gasteiger partial charge in [-0.05, 0) is 0 Å². The Hall–Kier alpha value is -1.16. The number of carbonyl (C=O) groups excluding carboxylic acids is 1. The van der Waals surface area contributed by atoms with Crippen molar-refractivity contribution in [1.82, 2.24) is 0 Å². The molecule has 15 heavy (non-hydrogen) atoms. The zero-order chi connectivity index (χ0) is 11.5. The SMILES string of the molecule is CC(CS(C)(=O)=O)C(=O)c1ccccc1. The molecule has 1 aromatic rings. The van der Waals surface area contributed by atoms with Gasteiger partial charge in [-0.3, -0.25) is 4.79 Å². The summed E-state index contributed by atoms with van der Waals surface area (Å²) < 4.78 is 22.1. The number of hydrogen-bond acceptors (Lipinski definition) is 3. The number of rotatable bonds is 4. The van der Waals surface area contributed by atoms with Gasteiger partial charge in [0.2, 0.25) is 0 Å². The lowest BCUT2D eigenvalue weighted by atomic mass is 10.0. The second-order valence-corrected chi connectivity index (χ2v) is 5.91. The predicted octanol–water partition coefficient (Wildman–Crippen LogP) is 1.55. The molecule has 82 valence electrons. The van der Waals surface area contributed by atoms with Crippen LogP contribution >= 0.6 is 0 Å². The highest BCUT2D eigenvalue weighted by Crippen LogP contribution is 2.10. The van der Waals surface area contributed by atoms with Gasteiger partial charge in [0.1, 0.15) is 9.84 Å². The molecular weight excluding hydrogens is 212 g/mol. The maximum atomic E-state index is 11.8. The number of hydrogen-bond donors (Lipinski definition) is 0. The summed E-state index contributed by atoms with van der Waals surface area (Å²) in [6.07, 6.45) is 1.14. The maximum Gasteiger partial charge on any atom is 0.166 e. The molecule has 1 atom stereocenters. The lowest BCUT2D eigenvalue weighted by molar-refractivity contribution is 0.0940. The fourth-order valence-electron chi connectivity index (χ4n) is 1.42. The van der Waals surface area contributed by atoms with Crippen molar-refractivity contribution in [1.29, 1.82) is 0 Å². The Morgan fingerprint density at radius 2 is 1.80 bits per heavy atom. The second kappa shape index (κ2) is 4.57. The normalized spacial score (nSPS) is 13.5. The number of carbonyl (C=O) groups is 1. The number of ketones is 1. The van der Waals surface area contributed by atoms with Crippen molar-refractivity contribution in [3.8, 4) is 0 Å². The molecule has 0 saturated heterocycles. The minimum Gasteiger partial charge on any atom is -0.294 e. The van der Waals surface area contributed by atoms with Crippen LogP contribution in [-0.4, -0.2) is 26.2 Å². The van der Waals surface area contributed by atoms with Gasteiger partial charge in [-0.15, -0.1) is 0 Å². The summed E-state index contributed by atoms with van der Waals surface area (Å²) in [5, 5.41) is 0. The van der Waals surface area contributed by atoms with Gasteiger partial charge in [0.15, 0.2) is 5.78 Å². The van der Waals surface area contributed by atoms with E-state index in [1.165, 1.54) is 0 Å². The van der Waals surface area contributed by atoms with E-state index in [1.54, 1.807) is 31.2 Å². The monoisotopic (exact) mass is 226 g/mol. The van der Waals surface area contributed by atoms with Crippen LogP contribution < -0.4 is 0 Å². The fraction of sp³-hybridized carbons (Fsp3) is 0.364. The molecule has 1 unspecified atom stereocenters. The molecule has 0 fully saturated rings. The van der Waals surface area contributed by atoms with Gasteiger partial charge < -0.3 is 0 Å². The van der Waals surface area contributed by atoms with E-state index in [-0.39, 0.29) is 11.5 Å². The van der Waals surface area contributed by atoms with E-state index in [4.69, 9.17) is 0 Å². The van der Waals surface area contributed by atoms with Gasteiger partial charge in [0.05, 0.1) is 5.75 Å². The maximum absolute atomic E-state index is 11.8. The van der Waals surface area contributed by atoms with Crippen LogP contribution in [0.2, 0.25) is 0 Å². The smallest absolute Gasteiger partial charge is 0.166 e. The molecule has 0 aliphatic heterocycles. The molecule has 0 aliphatic rings. The van der Waals surface area contributed by atoms with Crippen molar-refractivity contribution in [3.63, 3.8) is 0 Å². The highest BCUT2D eigenvalue weighted by atomic mass is 32.2. The molecule has 0 spiro atoms. The average Bonchev–Trinajstić information content (AvgIpc) is 2.15. The Bertz CT molecular complexity index is 434. The molecule has 0 radical (unpaired) electrons. The van der Waals surface area contributed by atoms with Crippen LogP contribution in [-0.2, 0) is 9.84 Å². The van der Waals surface area contributed by atoms with Crippen LogP contribution in [0.25, 0.3) is 0 Å². The lowest BCUT2D eigenvalue weighted by Crippen LogP contribution is -2.20. The van der Waals surface area contributed by atoms with Crippen molar-refractivity contribution in [3.05, 3.63) is 35.9 Å². The third-order valence-electron chi connectivity index (χ3n) is 2.06. The van der Waals surface area contributed by atoms with E-state index in [2.05, 4.69) is 0 Å². The number of benzene rings is 1. The zero-order valence-corrected chi connectivity index (χ0v) is 9.62. The minimum atomic E-state index is -3.10. The average molecular weight is 226 g/mol. The van der Waals surface area contributed by atoms with Gasteiger partial charge >= 0.3 is 0 Å². The predicted molar refractivity (Wildman–Crippen MR) is 59.6 cm³/mol. The van der Waals surface area contributed by atoms with Crippen molar-refractivity contribution in [2.75, 3.05) is 12.0 Å². The Labute approximate surface area is 90.0 Å². The lowest BCUT2D eigenvalue weighted by Gasteiger charge is -2.08. The summed E-state index contributed by atoms with van der Waals surface area (Å²) in [6.45, 7) is 1.64. The molecule has 0 heterocycles. The van der Waals surface area contributed by atoms with Gasteiger partial charge in [-0.1, -0.05) is 37.3 Å². The van der Waals surface area contributed by atoms with Crippen molar-refractivity contribution >= 4 is 15.6 Å². The Balaban J connectivity index is 2.79. The minimum absolute atomic E-state index is 0.0965. The molecule has 1 aromatic carbocycles. The van der Waals surface area contributed by atoms with Crippen molar-refractivity contribution < 1.29 is 13.2 Å². The summed E-state index contributed by atoms with van der Waals surface area (Å²) in [7, 11) is -3.10. The van der Waals surface area contributed by atoms with Crippen LogP contribution in [0.3, 0.4) is 0 Å². The van der Waals surface area contributed by atoms with Crippen LogP contribution in [0.15, 0.2) is 30.3 Å². The van der Waals surface area contributed by atoms with Crippen molar-refractivity contribution in [2.45, 2.75) is 6.92 Å². The van der Waals surface area contributed by atoms with Crippen LogP contribution in [0.1, 0.15) is 17.3 Å². The first-order chi connectivity index (χ1) is 6.90. The van der Waals surface area contributed by atoms with Gasteiger partial charge in [-0.25, -0.2) is 8.42 Å². The largest absolute Gasteiger partial charge is 0.294 e. The van der Waals surface area contributed by atoms with Crippen molar-refractivity contribution in [2.24, 2.45) is 5.92 Å². The van der Waals surface area contributed by atoms with E-state index in [0.717, 1.165) is 6.26 Å².